The minimum Gasteiger partial charge on any atom is -0.369 e. The first-order valence-electron chi connectivity index (χ1n) is 7.44. The van der Waals surface area contributed by atoms with Gasteiger partial charge in [0.15, 0.2) is 11.5 Å². The van der Waals surface area contributed by atoms with Gasteiger partial charge in [-0.25, -0.2) is 0 Å². The highest BCUT2D eigenvalue weighted by Crippen LogP contribution is 2.24. The van der Waals surface area contributed by atoms with E-state index >= 15 is 0 Å². The zero-order valence-electron chi connectivity index (χ0n) is 13.1. The van der Waals surface area contributed by atoms with E-state index in [1.807, 2.05) is 51.1 Å². The van der Waals surface area contributed by atoms with E-state index < -0.39 is 0 Å². The molecule has 5 nitrogen and oxygen atoms in total. The highest BCUT2D eigenvalue weighted by atomic mass is 16.5. The third kappa shape index (κ3) is 3.04. The van der Waals surface area contributed by atoms with Gasteiger partial charge in [-0.1, -0.05) is 35.5 Å². The molecule has 3 rings (SSSR count). The van der Waals surface area contributed by atoms with E-state index in [4.69, 9.17) is 9.26 Å². The van der Waals surface area contributed by atoms with Crippen molar-refractivity contribution in [2.45, 2.75) is 32.5 Å². The van der Waals surface area contributed by atoms with E-state index in [1.54, 1.807) is 11.0 Å². The molecule has 22 heavy (non-hydrogen) atoms. The number of nitrogens with zero attached hydrogens (tertiary/aromatic N) is 2. The third-order valence-corrected chi connectivity index (χ3v) is 3.64. The summed E-state index contributed by atoms with van der Waals surface area (Å²) in [5, 5.41) is 3.93. The number of benzene rings is 1. The SMILES string of the molecule is CC1CN(C(=O)c2cc(-c3ccccc3)on2)CC(C)(C)O1. The van der Waals surface area contributed by atoms with E-state index in [0.717, 1.165) is 5.56 Å². The summed E-state index contributed by atoms with van der Waals surface area (Å²) in [4.78, 5) is 14.4. The molecule has 0 spiro atoms. The molecule has 1 fully saturated rings. The Bertz CT molecular complexity index is 664. The predicted molar refractivity (Wildman–Crippen MR) is 82.5 cm³/mol. The largest absolute Gasteiger partial charge is 0.369 e. The number of hydrogen-bond acceptors (Lipinski definition) is 4. The third-order valence-electron chi connectivity index (χ3n) is 3.64. The number of aromatic nitrogens is 1. The van der Waals surface area contributed by atoms with Crippen LogP contribution in [0.15, 0.2) is 40.9 Å². The lowest BCUT2D eigenvalue weighted by atomic mass is 10.1. The Morgan fingerprint density at radius 1 is 1.32 bits per heavy atom. The molecule has 0 N–H and O–H groups in total. The molecule has 1 aromatic heterocycles. The average molecular weight is 300 g/mol. The van der Waals surface area contributed by atoms with Crippen LogP contribution in [0.4, 0.5) is 0 Å². The van der Waals surface area contributed by atoms with Gasteiger partial charge < -0.3 is 14.2 Å². The van der Waals surface area contributed by atoms with Crippen LogP contribution in [-0.4, -0.2) is 40.8 Å². The summed E-state index contributed by atoms with van der Waals surface area (Å²) in [6.45, 7) is 7.06. The molecule has 2 heterocycles. The summed E-state index contributed by atoms with van der Waals surface area (Å²) in [6, 6.07) is 11.3. The number of hydrogen-bond donors (Lipinski definition) is 0. The molecule has 1 aliphatic rings. The number of ether oxygens (including phenoxy) is 1. The van der Waals surface area contributed by atoms with Crippen molar-refractivity contribution in [1.29, 1.82) is 0 Å². The number of carbonyl (C=O) groups excluding carboxylic acids is 1. The van der Waals surface area contributed by atoms with E-state index in [9.17, 15) is 4.79 Å². The van der Waals surface area contributed by atoms with Gasteiger partial charge in [-0.05, 0) is 20.8 Å². The van der Waals surface area contributed by atoms with Gasteiger partial charge in [0.2, 0.25) is 0 Å². The first kappa shape index (κ1) is 14.8. The van der Waals surface area contributed by atoms with Crippen LogP contribution in [0.1, 0.15) is 31.3 Å². The van der Waals surface area contributed by atoms with Crippen molar-refractivity contribution >= 4 is 5.91 Å². The number of morpholine rings is 1. The van der Waals surface area contributed by atoms with Crippen LogP contribution in [0.3, 0.4) is 0 Å². The first-order valence-corrected chi connectivity index (χ1v) is 7.44. The molecule has 2 aromatic rings. The zero-order chi connectivity index (χ0) is 15.7. The summed E-state index contributed by atoms with van der Waals surface area (Å²) in [5.41, 5.74) is 0.896. The maximum atomic E-state index is 12.6. The molecule has 1 atom stereocenters. The molecule has 1 aliphatic heterocycles. The predicted octanol–water partition coefficient (Wildman–Crippen LogP) is 2.98. The molecule has 1 unspecified atom stereocenters. The fourth-order valence-electron chi connectivity index (χ4n) is 2.88. The van der Waals surface area contributed by atoms with Gasteiger partial charge in [0.05, 0.1) is 11.7 Å². The molecule has 1 amide bonds. The van der Waals surface area contributed by atoms with Crippen molar-refractivity contribution in [3.8, 4) is 11.3 Å². The van der Waals surface area contributed by atoms with E-state index in [0.29, 0.717) is 24.5 Å². The second-order valence-corrected chi connectivity index (χ2v) is 6.32. The Balaban J connectivity index is 1.80. The van der Waals surface area contributed by atoms with Crippen LogP contribution < -0.4 is 0 Å². The van der Waals surface area contributed by atoms with Crippen LogP contribution in [0.5, 0.6) is 0 Å². The van der Waals surface area contributed by atoms with Crippen molar-refractivity contribution in [1.82, 2.24) is 10.1 Å². The van der Waals surface area contributed by atoms with Gasteiger partial charge in [-0.3, -0.25) is 4.79 Å². The minimum atomic E-state index is -0.348. The summed E-state index contributed by atoms with van der Waals surface area (Å²) in [5.74, 6) is 0.485. The Kier molecular flexibility index (Phi) is 3.74. The normalized spacial score (nSPS) is 20.9. The first-order chi connectivity index (χ1) is 10.4. The quantitative estimate of drug-likeness (QED) is 0.855. The number of carbonyl (C=O) groups is 1. The molecule has 0 saturated carbocycles. The molecule has 1 aromatic carbocycles. The standard InChI is InChI=1S/C17H20N2O3/c1-12-10-19(11-17(2,3)21-12)16(20)14-9-15(22-18-14)13-7-5-4-6-8-13/h4-9,12H,10-11H2,1-3H3. The summed E-state index contributed by atoms with van der Waals surface area (Å²) >= 11 is 0. The Morgan fingerprint density at radius 3 is 2.73 bits per heavy atom. The minimum absolute atomic E-state index is 0.00759. The fraction of sp³-hybridized carbons (Fsp3) is 0.412. The van der Waals surface area contributed by atoms with Crippen LogP contribution in [-0.2, 0) is 4.74 Å². The van der Waals surface area contributed by atoms with Crippen LogP contribution in [0.2, 0.25) is 0 Å². The summed E-state index contributed by atoms with van der Waals surface area (Å²) in [7, 11) is 0. The molecule has 0 bridgehead atoms. The van der Waals surface area contributed by atoms with Gasteiger partial charge in [-0.2, -0.15) is 0 Å². The zero-order valence-corrected chi connectivity index (χ0v) is 13.1. The van der Waals surface area contributed by atoms with Gasteiger partial charge in [0, 0.05) is 24.7 Å². The molecule has 1 saturated heterocycles. The Labute approximate surface area is 129 Å². The second-order valence-electron chi connectivity index (χ2n) is 6.32. The topological polar surface area (TPSA) is 55.6 Å². The molecule has 5 heteroatoms. The van der Waals surface area contributed by atoms with Crippen LogP contribution >= 0.6 is 0 Å². The lowest BCUT2D eigenvalue weighted by Crippen LogP contribution is -2.53. The van der Waals surface area contributed by atoms with Gasteiger partial charge in [0.1, 0.15) is 0 Å². The maximum absolute atomic E-state index is 12.6. The molecular formula is C17H20N2O3. The monoisotopic (exact) mass is 300 g/mol. The highest BCUT2D eigenvalue weighted by molar-refractivity contribution is 5.93. The molecular weight excluding hydrogens is 280 g/mol. The van der Waals surface area contributed by atoms with Crippen LogP contribution in [0.25, 0.3) is 11.3 Å². The molecule has 116 valence electrons. The van der Waals surface area contributed by atoms with Gasteiger partial charge in [0.25, 0.3) is 5.91 Å². The molecule has 0 aliphatic carbocycles. The van der Waals surface area contributed by atoms with Crippen molar-refractivity contribution in [3.05, 3.63) is 42.1 Å². The van der Waals surface area contributed by atoms with E-state index in [2.05, 4.69) is 5.16 Å². The smallest absolute Gasteiger partial charge is 0.276 e. The Morgan fingerprint density at radius 2 is 2.05 bits per heavy atom. The maximum Gasteiger partial charge on any atom is 0.276 e. The fourth-order valence-corrected chi connectivity index (χ4v) is 2.88. The van der Waals surface area contributed by atoms with Crippen molar-refractivity contribution in [2.75, 3.05) is 13.1 Å². The Hall–Kier alpha value is -2.14. The number of amides is 1. The van der Waals surface area contributed by atoms with Crippen molar-refractivity contribution in [2.24, 2.45) is 0 Å². The van der Waals surface area contributed by atoms with Gasteiger partial charge in [-0.15, -0.1) is 0 Å². The van der Waals surface area contributed by atoms with Gasteiger partial charge >= 0.3 is 0 Å². The average Bonchev–Trinajstić information content (AvgIpc) is 2.95. The lowest BCUT2D eigenvalue weighted by Gasteiger charge is -2.41. The second kappa shape index (κ2) is 5.57. The number of rotatable bonds is 2. The highest BCUT2D eigenvalue weighted by Gasteiger charge is 2.35. The summed E-state index contributed by atoms with van der Waals surface area (Å²) < 4.78 is 11.1. The summed E-state index contributed by atoms with van der Waals surface area (Å²) in [6.07, 6.45) is 0.00759. The van der Waals surface area contributed by atoms with Crippen LogP contribution in [0, 0.1) is 0 Å². The van der Waals surface area contributed by atoms with E-state index in [-0.39, 0.29) is 17.6 Å². The van der Waals surface area contributed by atoms with Crippen molar-refractivity contribution in [3.63, 3.8) is 0 Å². The van der Waals surface area contributed by atoms with E-state index in [1.165, 1.54) is 0 Å². The molecule has 0 radical (unpaired) electrons. The van der Waals surface area contributed by atoms with Crippen molar-refractivity contribution < 1.29 is 14.1 Å². The lowest BCUT2D eigenvalue weighted by molar-refractivity contribution is -0.119.